The van der Waals surface area contributed by atoms with Crippen molar-refractivity contribution in [1.82, 2.24) is 5.32 Å². The molecule has 6 heteroatoms. The van der Waals surface area contributed by atoms with Crippen LogP contribution in [0.3, 0.4) is 0 Å². The fourth-order valence-corrected chi connectivity index (χ4v) is 2.66. The molecule has 21 heavy (non-hydrogen) atoms. The number of halogens is 2. The van der Waals surface area contributed by atoms with E-state index in [9.17, 15) is 9.59 Å². The molecule has 0 heterocycles. The molecule has 0 saturated carbocycles. The van der Waals surface area contributed by atoms with Gasteiger partial charge in [0.15, 0.2) is 0 Å². The van der Waals surface area contributed by atoms with Gasteiger partial charge in [-0.3, -0.25) is 9.59 Å². The number of benzene rings is 2. The van der Waals surface area contributed by atoms with E-state index in [1.165, 1.54) is 7.05 Å². The Hall–Kier alpha value is -1.85. The molecule has 0 atom stereocenters. The average molecular weight is 368 g/mol. The van der Waals surface area contributed by atoms with Gasteiger partial charge < -0.3 is 10.6 Å². The second-order valence-electron chi connectivity index (χ2n) is 4.24. The van der Waals surface area contributed by atoms with Crippen LogP contribution in [0.5, 0.6) is 0 Å². The number of para-hydroxylation sites is 1. The van der Waals surface area contributed by atoms with Gasteiger partial charge in [0.05, 0.1) is 11.3 Å². The van der Waals surface area contributed by atoms with Crippen LogP contribution in [-0.2, 0) is 0 Å². The predicted octanol–water partition coefficient (Wildman–Crippen LogP) is 3.71. The molecule has 0 spiro atoms. The van der Waals surface area contributed by atoms with Gasteiger partial charge in [-0.15, -0.1) is 0 Å². The molecule has 2 N–H and O–H groups in total. The molecule has 2 rings (SSSR count). The van der Waals surface area contributed by atoms with Crippen LogP contribution in [0.15, 0.2) is 46.9 Å². The molecule has 4 nitrogen and oxygen atoms in total. The molecule has 0 aromatic heterocycles. The third-order valence-electron chi connectivity index (χ3n) is 2.77. The molecule has 0 radical (unpaired) electrons. The van der Waals surface area contributed by atoms with E-state index in [2.05, 4.69) is 26.6 Å². The van der Waals surface area contributed by atoms with Crippen molar-refractivity contribution in [2.45, 2.75) is 0 Å². The summed E-state index contributed by atoms with van der Waals surface area (Å²) >= 11 is 9.21. The van der Waals surface area contributed by atoms with E-state index in [4.69, 9.17) is 11.6 Å². The maximum Gasteiger partial charge on any atom is 0.255 e. The largest absolute Gasteiger partial charge is 0.355 e. The van der Waals surface area contributed by atoms with Crippen LogP contribution in [-0.4, -0.2) is 18.9 Å². The summed E-state index contributed by atoms with van der Waals surface area (Å²) in [6.07, 6.45) is 0. The highest BCUT2D eigenvalue weighted by Crippen LogP contribution is 2.21. The highest BCUT2D eigenvalue weighted by Gasteiger charge is 2.13. The third kappa shape index (κ3) is 3.83. The lowest BCUT2D eigenvalue weighted by Gasteiger charge is -2.10. The highest BCUT2D eigenvalue weighted by molar-refractivity contribution is 9.10. The zero-order valence-electron chi connectivity index (χ0n) is 11.1. The highest BCUT2D eigenvalue weighted by atomic mass is 79.9. The normalized spacial score (nSPS) is 10.0. The van der Waals surface area contributed by atoms with Crippen molar-refractivity contribution in [3.05, 3.63) is 63.1 Å². The first-order valence-electron chi connectivity index (χ1n) is 6.10. The molecular formula is C15H12BrClN2O2. The molecular weight excluding hydrogens is 356 g/mol. The van der Waals surface area contributed by atoms with Gasteiger partial charge in [-0.05, 0) is 30.3 Å². The summed E-state index contributed by atoms with van der Waals surface area (Å²) < 4.78 is 0.708. The Morgan fingerprint density at radius 1 is 1.10 bits per heavy atom. The van der Waals surface area contributed by atoms with E-state index >= 15 is 0 Å². The number of carbonyl (C=O) groups is 2. The van der Waals surface area contributed by atoms with Gasteiger partial charge >= 0.3 is 0 Å². The summed E-state index contributed by atoms with van der Waals surface area (Å²) in [5, 5.41) is 5.70. The first-order valence-corrected chi connectivity index (χ1v) is 7.27. The number of nitrogens with one attached hydrogen (secondary N) is 2. The van der Waals surface area contributed by atoms with Crippen molar-refractivity contribution in [3.8, 4) is 0 Å². The number of rotatable bonds is 3. The Kier molecular flexibility index (Phi) is 4.98. The van der Waals surface area contributed by atoms with E-state index in [0.717, 1.165) is 0 Å². The van der Waals surface area contributed by atoms with Crippen molar-refractivity contribution < 1.29 is 9.59 Å². The minimum absolute atomic E-state index is 0.266. The number of carbonyl (C=O) groups excluding carboxylic acids is 2. The number of amides is 2. The topological polar surface area (TPSA) is 58.2 Å². The summed E-state index contributed by atoms with van der Waals surface area (Å²) in [5.74, 6) is -0.604. The minimum Gasteiger partial charge on any atom is -0.355 e. The van der Waals surface area contributed by atoms with Gasteiger partial charge in [0.25, 0.3) is 11.8 Å². The van der Waals surface area contributed by atoms with Gasteiger partial charge in [0, 0.05) is 22.1 Å². The van der Waals surface area contributed by atoms with Crippen LogP contribution in [0.4, 0.5) is 5.69 Å². The smallest absolute Gasteiger partial charge is 0.255 e. The minimum atomic E-state index is -0.338. The van der Waals surface area contributed by atoms with Gasteiger partial charge in [-0.25, -0.2) is 0 Å². The summed E-state index contributed by atoms with van der Waals surface area (Å²) in [6, 6.07) is 11.7. The zero-order chi connectivity index (χ0) is 15.4. The SMILES string of the molecule is CNC(=O)c1ccccc1NC(=O)c1cc(Cl)cc(Br)c1. The Morgan fingerprint density at radius 2 is 1.81 bits per heavy atom. The van der Waals surface area contributed by atoms with E-state index in [1.54, 1.807) is 42.5 Å². The van der Waals surface area contributed by atoms with Gasteiger partial charge in [-0.2, -0.15) is 0 Å². The molecule has 0 fully saturated rings. The Balaban J connectivity index is 2.30. The molecule has 0 saturated heterocycles. The van der Waals surface area contributed by atoms with Gasteiger partial charge in [0.1, 0.15) is 0 Å². The van der Waals surface area contributed by atoms with Crippen molar-refractivity contribution in [2.75, 3.05) is 12.4 Å². The lowest BCUT2D eigenvalue weighted by Crippen LogP contribution is -2.21. The fraction of sp³-hybridized carbons (Fsp3) is 0.0667. The summed E-state index contributed by atoms with van der Waals surface area (Å²) in [7, 11) is 1.54. The van der Waals surface area contributed by atoms with E-state index in [-0.39, 0.29) is 11.8 Å². The van der Waals surface area contributed by atoms with Crippen molar-refractivity contribution >= 4 is 45.0 Å². The predicted molar refractivity (Wildman–Crippen MR) is 86.9 cm³/mol. The Morgan fingerprint density at radius 3 is 2.48 bits per heavy atom. The monoisotopic (exact) mass is 366 g/mol. The number of hydrogen-bond acceptors (Lipinski definition) is 2. The number of hydrogen-bond donors (Lipinski definition) is 2. The standard InChI is InChI=1S/C15H12BrClN2O2/c1-18-15(21)12-4-2-3-5-13(12)19-14(20)9-6-10(16)8-11(17)7-9/h2-8H,1H3,(H,18,21)(H,19,20). The molecule has 0 unspecified atom stereocenters. The maximum absolute atomic E-state index is 12.3. The molecule has 0 aliphatic heterocycles. The molecule has 2 amide bonds. The van der Waals surface area contributed by atoms with Crippen molar-refractivity contribution in [3.63, 3.8) is 0 Å². The van der Waals surface area contributed by atoms with E-state index in [0.29, 0.717) is 26.3 Å². The quantitative estimate of drug-likeness (QED) is 0.869. The maximum atomic E-state index is 12.3. The Labute approximate surface area is 135 Å². The lowest BCUT2D eigenvalue weighted by atomic mass is 10.1. The first-order chi connectivity index (χ1) is 10.0. The molecule has 2 aromatic carbocycles. The van der Waals surface area contributed by atoms with Crippen LogP contribution in [0.25, 0.3) is 0 Å². The molecule has 0 aliphatic rings. The molecule has 0 aliphatic carbocycles. The van der Waals surface area contributed by atoms with Crippen LogP contribution < -0.4 is 10.6 Å². The summed E-state index contributed by atoms with van der Waals surface area (Å²) in [5.41, 5.74) is 1.24. The first kappa shape index (κ1) is 15.5. The summed E-state index contributed by atoms with van der Waals surface area (Å²) in [4.78, 5) is 24.0. The molecule has 0 bridgehead atoms. The van der Waals surface area contributed by atoms with Crippen molar-refractivity contribution in [2.24, 2.45) is 0 Å². The zero-order valence-corrected chi connectivity index (χ0v) is 13.5. The van der Waals surface area contributed by atoms with E-state index in [1.807, 2.05) is 0 Å². The molecule has 2 aromatic rings. The van der Waals surface area contributed by atoms with Crippen LogP contribution in [0.2, 0.25) is 5.02 Å². The second-order valence-corrected chi connectivity index (χ2v) is 5.59. The van der Waals surface area contributed by atoms with Crippen LogP contribution >= 0.6 is 27.5 Å². The average Bonchev–Trinajstić information content (AvgIpc) is 2.46. The van der Waals surface area contributed by atoms with E-state index < -0.39 is 0 Å². The van der Waals surface area contributed by atoms with Gasteiger partial charge in [-0.1, -0.05) is 39.7 Å². The lowest BCUT2D eigenvalue weighted by molar-refractivity contribution is 0.0964. The molecule has 108 valence electrons. The third-order valence-corrected chi connectivity index (χ3v) is 3.45. The fourth-order valence-electron chi connectivity index (χ4n) is 1.80. The van der Waals surface area contributed by atoms with Crippen molar-refractivity contribution in [1.29, 1.82) is 0 Å². The second kappa shape index (κ2) is 6.74. The van der Waals surface area contributed by atoms with Crippen LogP contribution in [0, 0.1) is 0 Å². The van der Waals surface area contributed by atoms with Gasteiger partial charge in [0.2, 0.25) is 0 Å². The Bertz CT molecular complexity index is 684. The number of anilines is 1. The summed E-state index contributed by atoms with van der Waals surface area (Å²) in [6.45, 7) is 0. The van der Waals surface area contributed by atoms with Crippen LogP contribution in [0.1, 0.15) is 20.7 Å².